The third kappa shape index (κ3) is 2.33. The van der Waals surface area contributed by atoms with Crippen LogP contribution in [0.5, 0.6) is 5.75 Å². The predicted molar refractivity (Wildman–Crippen MR) is 75.8 cm³/mol. The van der Waals surface area contributed by atoms with E-state index in [0.29, 0.717) is 22.5 Å². The van der Waals surface area contributed by atoms with Crippen LogP contribution in [0.4, 0.5) is 4.39 Å². The summed E-state index contributed by atoms with van der Waals surface area (Å²) in [5.74, 6) is -0.921. The number of carboxylic acids is 1. The minimum Gasteiger partial charge on any atom is -0.490 e. The summed E-state index contributed by atoms with van der Waals surface area (Å²) < 4.78 is 21.0. The van der Waals surface area contributed by atoms with Gasteiger partial charge < -0.3 is 19.4 Å². The lowest BCUT2D eigenvalue weighted by Crippen LogP contribution is -2.28. The minimum absolute atomic E-state index is 0.0503. The molecule has 0 fully saturated rings. The highest BCUT2D eigenvalue weighted by atomic mass is 32.1. The monoisotopic (exact) mass is 308 g/mol. The summed E-state index contributed by atoms with van der Waals surface area (Å²) in [4.78, 5) is 14.1. The Morgan fingerprint density at radius 2 is 2.33 bits per heavy atom. The molecule has 0 bridgehead atoms. The molecular formula is C14H13FN2O3S. The average molecular weight is 308 g/mol. The van der Waals surface area contributed by atoms with Gasteiger partial charge in [0.25, 0.3) is 0 Å². The number of fused-ring (bicyclic) bond motifs is 1. The zero-order chi connectivity index (χ0) is 15.1. The van der Waals surface area contributed by atoms with Crippen molar-refractivity contribution in [3.05, 3.63) is 46.2 Å². The molecule has 2 unspecified atom stereocenters. The lowest BCUT2D eigenvalue weighted by molar-refractivity contribution is 0.0679. The van der Waals surface area contributed by atoms with Gasteiger partial charge in [-0.05, 0) is 37.3 Å². The summed E-state index contributed by atoms with van der Waals surface area (Å²) in [7, 11) is 0. The maximum Gasteiger partial charge on any atom is 0.354 e. The summed E-state index contributed by atoms with van der Waals surface area (Å²) in [6.07, 6.45) is 1.75. The molecule has 0 saturated carbocycles. The van der Waals surface area contributed by atoms with Gasteiger partial charge in [0.2, 0.25) is 0 Å². The Bertz CT molecular complexity index is 768. The van der Waals surface area contributed by atoms with Gasteiger partial charge in [-0.15, -0.1) is 0 Å². The van der Waals surface area contributed by atoms with Crippen LogP contribution in [0.3, 0.4) is 0 Å². The molecule has 2 atom stereocenters. The highest BCUT2D eigenvalue weighted by molar-refractivity contribution is 7.71. The third-order valence-corrected chi connectivity index (χ3v) is 3.87. The molecule has 0 saturated heterocycles. The molecule has 110 valence electrons. The number of hydrogen-bond donors (Lipinski definition) is 2. The zero-order valence-corrected chi connectivity index (χ0v) is 12.0. The van der Waals surface area contributed by atoms with E-state index in [2.05, 4.69) is 4.98 Å². The average Bonchev–Trinajstić information content (AvgIpc) is 2.80. The van der Waals surface area contributed by atoms with E-state index in [1.165, 1.54) is 22.9 Å². The van der Waals surface area contributed by atoms with Crippen LogP contribution in [0.15, 0.2) is 24.4 Å². The normalized spacial score (nSPS) is 20.7. The summed E-state index contributed by atoms with van der Waals surface area (Å²) in [5.41, 5.74) is 0.653. The number of H-pyrrole nitrogens is 1. The van der Waals surface area contributed by atoms with Gasteiger partial charge in [0.1, 0.15) is 17.3 Å². The first-order valence-corrected chi connectivity index (χ1v) is 6.87. The number of rotatable bonds is 2. The van der Waals surface area contributed by atoms with Crippen molar-refractivity contribution in [3.8, 4) is 5.75 Å². The quantitative estimate of drug-likeness (QED) is 0.836. The molecular weight excluding hydrogens is 295 g/mol. The molecule has 3 rings (SSSR count). The highest BCUT2D eigenvalue weighted by Gasteiger charge is 2.30. The van der Waals surface area contributed by atoms with Crippen molar-refractivity contribution >= 4 is 18.2 Å². The fraction of sp³-hybridized carbons (Fsp3) is 0.286. The minimum atomic E-state index is -1.08. The molecule has 1 aliphatic rings. The second kappa shape index (κ2) is 5.00. The summed E-state index contributed by atoms with van der Waals surface area (Å²) >= 11 is 5.18. The summed E-state index contributed by atoms with van der Waals surface area (Å²) in [5, 5.41) is 9.29. The van der Waals surface area contributed by atoms with E-state index >= 15 is 0 Å². The molecule has 21 heavy (non-hydrogen) atoms. The molecule has 5 nitrogen and oxygen atoms in total. The predicted octanol–water partition coefficient (Wildman–Crippen LogP) is 3.14. The van der Waals surface area contributed by atoms with Gasteiger partial charge in [0, 0.05) is 18.2 Å². The number of nitrogens with zero attached hydrogens (tertiary/aromatic N) is 1. The molecule has 0 aliphatic carbocycles. The molecule has 0 spiro atoms. The first kappa shape index (κ1) is 13.8. The maximum atomic E-state index is 13.6. The fourth-order valence-corrected chi connectivity index (χ4v) is 2.98. The zero-order valence-electron chi connectivity index (χ0n) is 11.2. The number of carbonyl (C=O) groups is 1. The lowest BCUT2D eigenvalue weighted by atomic mass is 9.96. The van der Waals surface area contributed by atoms with Gasteiger partial charge in [0.15, 0.2) is 4.77 Å². The Hall–Kier alpha value is -2.15. The maximum absolute atomic E-state index is 13.6. The third-order valence-electron chi connectivity index (χ3n) is 3.56. The van der Waals surface area contributed by atoms with Crippen LogP contribution in [0.1, 0.15) is 35.4 Å². The number of nitrogens with one attached hydrogen (secondary N) is 1. The smallest absolute Gasteiger partial charge is 0.354 e. The molecule has 2 heterocycles. The Morgan fingerprint density at radius 3 is 3.05 bits per heavy atom. The molecule has 0 amide bonds. The van der Waals surface area contributed by atoms with Crippen molar-refractivity contribution in [2.75, 3.05) is 0 Å². The number of carboxylic acid groups (broad SMARTS) is 1. The molecule has 1 aromatic carbocycles. The van der Waals surface area contributed by atoms with Crippen LogP contribution in [-0.4, -0.2) is 26.7 Å². The number of ether oxygens (including phenoxy) is 1. The van der Waals surface area contributed by atoms with Gasteiger partial charge >= 0.3 is 5.97 Å². The second-order valence-corrected chi connectivity index (χ2v) is 5.40. The number of halogens is 1. The van der Waals surface area contributed by atoms with E-state index in [4.69, 9.17) is 17.0 Å². The van der Waals surface area contributed by atoms with Crippen LogP contribution in [0, 0.1) is 10.6 Å². The van der Waals surface area contributed by atoms with Crippen molar-refractivity contribution in [1.82, 2.24) is 9.55 Å². The Morgan fingerprint density at radius 1 is 1.57 bits per heavy atom. The van der Waals surface area contributed by atoms with Crippen LogP contribution in [-0.2, 0) is 0 Å². The first-order valence-electron chi connectivity index (χ1n) is 6.46. The van der Waals surface area contributed by atoms with Crippen molar-refractivity contribution < 1.29 is 19.0 Å². The van der Waals surface area contributed by atoms with E-state index in [9.17, 15) is 14.3 Å². The van der Waals surface area contributed by atoms with E-state index in [-0.39, 0.29) is 17.8 Å². The topological polar surface area (TPSA) is 67.2 Å². The van der Waals surface area contributed by atoms with Crippen molar-refractivity contribution in [2.24, 2.45) is 0 Å². The number of aromatic nitrogens is 2. The lowest BCUT2D eigenvalue weighted by Gasteiger charge is -2.31. The molecule has 1 aliphatic heterocycles. The Kier molecular flexibility index (Phi) is 3.29. The van der Waals surface area contributed by atoms with E-state index in [1.54, 1.807) is 6.07 Å². The van der Waals surface area contributed by atoms with Gasteiger partial charge in [-0.25, -0.2) is 9.18 Å². The van der Waals surface area contributed by atoms with Crippen LogP contribution in [0.25, 0.3) is 0 Å². The molecule has 1 aromatic heterocycles. The molecule has 2 aromatic rings. The molecule has 0 radical (unpaired) electrons. The summed E-state index contributed by atoms with van der Waals surface area (Å²) in [6, 6.07) is 3.88. The second-order valence-electron chi connectivity index (χ2n) is 5.02. The Balaban J connectivity index is 2.20. The van der Waals surface area contributed by atoms with Crippen molar-refractivity contribution in [3.63, 3.8) is 0 Å². The molecule has 2 N–H and O–H groups in total. The van der Waals surface area contributed by atoms with E-state index < -0.39 is 11.8 Å². The number of aromatic carboxylic acids is 1. The number of imidazole rings is 1. The van der Waals surface area contributed by atoms with Gasteiger partial charge in [-0.1, -0.05) is 0 Å². The largest absolute Gasteiger partial charge is 0.490 e. The van der Waals surface area contributed by atoms with E-state index in [0.717, 1.165) is 0 Å². The van der Waals surface area contributed by atoms with Crippen molar-refractivity contribution in [2.45, 2.75) is 25.5 Å². The van der Waals surface area contributed by atoms with Crippen LogP contribution < -0.4 is 4.74 Å². The summed E-state index contributed by atoms with van der Waals surface area (Å²) in [6.45, 7) is 1.88. The number of benzene rings is 1. The van der Waals surface area contributed by atoms with Gasteiger partial charge in [-0.2, -0.15) is 0 Å². The van der Waals surface area contributed by atoms with Gasteiger partial charge in [-0.3, -0.25) is 0 Å². The first-order chi connectivity index (χ1) is 9.97. The number of hydrogen-bond acceptors (Lipinski definition) is 3. The standard InChI is InChI=1S/C14H13FN2O3S/c1-7-4-10(9-5-8(15)2-3-12(9)20-7)17-11(13(18)19)6-16-14(17)21/h2-3,5-7,10H,4H2,1H3,(H,16,21)(H,18,19). The van der Waals surface area contributed by atoms with Crippen LogP contribution >= 0.6 is 12.2 Å². The fourth-order valence-electron chi connectivity index (χ4n) is 2.69. The SMILES string of the molecule is CC1CC(n2c(C(=O)O)c[nH]c2=S)c2cc(F)ccc2O1. The van der Waals surface area contributed by atoms with Crippen molar-refractivity contribution in [1.29, 1.82) is 0 Å². The van der Waals surface area contributed by atoms with Crippen LogP contribution in [0.2, 0.25) is 0 Å². The van der Waals surface area contributed by atoms with Gasteiger partial charge in [0.05, 0.1) is 12.1 Å². The van der Waals surface area contributed by atoms with E-state index in [1.807, 2.05) is 6.92 Å². The highest BCUT2D eigenvalue weighted by Crippen LogP contribution is 2.38. The number of aromatic amines is 1. The molecule has 7 heteroatoms. The Labute approximate surface area is 125 Å².